The predicted molar refractivity (Wildman–Crippen MR) is 87.5 cm³/mol. The fraction of sp³-hybridized carbons (Fsp3) is 0.333. The molecule has 0 aromatic heterocycles. The van der Waals surface area contributed by atoms with E-state index in [1.165, 1.54) is 11.1 Å². The monoisotopic (exact) mass is 284 g/mol. The van der Waals surface area contributed by atoms with Crippen LogP contribution in [0.4, 0.5) is 0 Å². The zero-order valence-electron chi connectivity index (χ0n) is 12.6. The molecule has 3 heteroatoms. The Hall–Kier alpha value is -1.84. The fourth-order valence-corrected chi connectivity index (χ4v) is 2.03. The smallest absolute Gasteiger partial charge is 0.119 e. The zero-order valence-corrected chi connectivity index (χ0v) is 12.6. The average molecular weight is 284 g/mol. The van der Waals surface area contributed by atoms with E-state index < -0.39 is 0 Å². The van der Waals surface area contributed by atoms with Gasteiger partial charge in [0.1, 0.15) is 12.4 Å². The molecule has 2 aromatic rings. The molecule has 0 saturated carbocycles. The van der Waals surface area contributed by atoms with Gasteiger partial charge in [-0.3, -0.25) is 0 Å². The SMILES string of the molecule is CCNCCNCc1ccc(OCc2ccccc2)cc1. The third-order valence-corrected chi connectivity index (χ3v) is 3.23. The van der Waals surface area contributed by atoms with Gasteiger partial charge in [0.15, 0.2) is 0 Å². The van der Waals surface area contributed by atoms with Crippen molar-refractivity contribution in [3.63, 3.8) is 0 Å². The Labute approximate surface area is 127 Å². The molecule has 3 nitrogen and oxygen atoms in total. The average Bonchev–Trinajstić information content (AvgIpc) is 2.55. The molecule has 21 heavy (non-hydrogen) atoms. The van der Waals surface area contributed by atoms with Gasteiger partial charge in [0.25, 0.3) is 0 Å². The van der Waals surface area contributed by atoms with Gasteiger partial charge in [-0.25, -0.2) is 0 Å². The van der Waals surface area contributed by atoms with E-state index in [2.05, 4.69) is 41.8 Å². The number of nitrogens with one attached hydrogen (secondary N) is 2. The van der Waals surface area contributed by atoms with E-state index in [-0.39, 0.29) is 0 Å². The number of benzene rings is 2. The first kappa shape index (κ1) is 15.5. The molecule has 0 aliphatic heterocycles. The van der Waals surface area contributed by atoms with Crippen LogP contribution in [0.5, 0.6) is 5.75 Å². The number of likely N-dealkylation sites (N-methyl/N-ethyl adjacent to an activating group) is 1. The van der Waals surface area contributed by atoms with Gasteiger partial charge in [-0.2, -0.15) is 0 Å². The highest BCUT2D eigenvalue weighted by Crippen LogP contribution is 2.14. The lowest BCUT2D eigenvalue weighted by molar-refractivity contribution is 0.306. The fourth-order valence-electron chi connectivity index (χ4n) is 2.03. The molecule has 2 rings (SSSR count). The molecule has 0 radical (unpaired) electrons. The molecular weight excluding hydrogens is 260 g/mol. The van der Waals surface area contributed by atoms with E-state index >= 15 is 0 Å². The summed E-state index contributed by atoms with van der Waals surface area (Å²) in [6, 6.07) is 18.5. The van der Waals surface area contributed by atoms with E-state index in [1.807, 2.05) is 30.3 Å². The summed E-state index contributed by atoms with van der Waals surface area (Å²) in [4.78, 5) is 0. The molecule has 0 atom stereocenters. The number of rotatable bonds is 9. The van der Waals surface area contributed by atoms with Gasteiger partial charge in [-0.15, -0.1) is 0 Å². The van der Waals surface area contributed by atoms with Crippen molar-refractivity contribution in [2.45, 2.75) is 20.1 Å². The quantitative estimate of drug-likeness (QED) is 0.695. The lowest BCUT2D eigenvalue weighted by atomic mass is 10.2. The Bertz CT molecular complexity index is 496. The second kappa shape index (κ2) is 9.16. The van der Waals surface area contributed by atoms with Crippen molar-refractivity contribution in [2.24, 2.45) is 0 Å². The van der Waals surface area contributed by atoms with Crippen LogP contribution in [0.25, 0.3) is 0 Å². The van der Waals surface area contributed by atoms with E-state index in [0.717, 1.165) is 31.9 Å². The van der Waals surface area contributed by atoms with Gasteiger partial charge in [-0.1, -0.05) is 49.4 Å². The summed E-state index contributed by atoms with van der Waals surface area (Å²) in [6.45, 7) is 6.64. The number of hydrogen-bond donors (Lipinski definition) is 2. The third-order valence-electron chi connectivity index (χ3n) is 3.23. The molecule has 0 amide bonds. The van der Waals surface area contributed by atoms with Crippen LogP contribution >= 0.6 is 0 Å². The van der Waals surface area contributed by atoms with Crippen LogP contribution in [0.15, 0.2) is 54.6 Å². The molecule has 0 fully saturated rings. The Morgan fingerprint density at radius 1 is 0.810 bits per heavy atom. The van der Waals surface area contributed by atoms with Crippen molar-refractivity contribution in [1.82, 2.24) is 10.6 Å². The number of hydrogen-bond acceptors (Lipinski definition) is 3. The van der Waals surface area contributed by atoms with E-state index in [1.54, 1.807) is 0 Å². The van der Waals surface area contributed by atoms with Crippen LogP contribution in [-0.4, -0.2) is 19.6 Å². The van der Waals surface area contributed by atoms with Crippen molar-refractivity contribution < 1.29 is 4.74 Å². The molecule has 112 valence electrons. The second-order valence-electron chi connectivity index (χ2n) is 4.95. The van der Waals surface area contributed by atoms with Crippen LogP contribution < -0.4 is 15.4 Å². The minimum absolute atomic E-state index is 0.612. The van der Waals surface area contributed by atoms with Crippen LogP contribution in [0, 0.1) is 0 Å². The first-order chi connectivity index (χ1) is 10.4. The Morgan fingerprint density at radius 2 is 1.52 bits per heavy atom. The Kier molecular flexibility index (Phi) is 6.78. The molecule has 0 bridgehead atoms. The predicted octanol–water partition coefficient (Wildman–Crippen LogP) is 2.96. The molecule has 0 aliphatic carbocycles. The summed E-state index contributed by atoms with van der Waals surface area (Å²) >= 11 is 0. The summed E-state index contributed by atoms with van der Waals surface area (Å²) in [5.74, 6) is 0.912. The zero-order chi connectivity index (χ0) is 14.8. The highest BCUT2D eigenvalue weighted by Gasteiger charge is 1.97. The summed E-state index contributed by atoms with van der Waals surface area (Å²) in [6.07, 6.45) is 0. The van der Waals surface area contributed by atoms with Crippen LogP contribution in [0.1, 0.15) is 18.1 Å². The molecule has 0 heterocycles. The first-order valence-electron chi connectivity index (χ1n) is 7.55. The molecular formula is C18H24N2O. The maximum Gasteiger partial charge on any atom is 0.119 e. The van der Waals surface area contributed by atoms with Crippen LogP contribution in [0.3, 0.4) is 0 Å². The van der Waals surface area contributed by atoms with Gasteiger partial charge in [0.2, 0.25) is 0 Å². The topological polar surface area (TPSA) is 33.3 Å². The van der Waals surface area contributed by atoms with Crippen molar-refractivity contribution in [1.29, 1.82) is 0 Å². The van der Waals surface area contributed by atoms with Crippen LogP contribution in [-0.2, 0) is 13.2 Å². The van der Waals surface area contributed by atoms with Gasteiger partial charge >= 0.3 is 0 Å². The minimum Gasteiger partial charge on any atom is -0.489 e. The second-order valence-corrected chi connectivity index (χ2v) is 4.95. The van der Waals surface area contributed by atoms with Crippen molar-refractivity contribution >= 4 is 0 Å². The lowest BCUT2D eigenvalue weighted by Gasteiger charge is -2.08. The first-order valence-corrected chi connectivity index (χ1v) is 7.55. The van der Waals surface area contributed by atoms with Gasteiger partial charge < -0.3 is 15.4 Å². The summed E-state index contributed by atoms with van der Waals surface area (Å²) < 4.78 is 5.77. The minimum atomic E-state index is 0.612. The van der Waals surface area contributed by atoms with Crippen molar-refractivity contribution in [3.05, 3.63) is 65.7 Å². The van der Waals surface area contributed by atoms with E-state index in [4.69, 9.17) is 4.74 Å². The normalized spacial score (nSPS) is 10.5. The largest absolute Gasteiger partial charge is 0.489 e. The van der Waals surface area contributed by atoms with E-state index in [0.29, 0.717) is 6.61 Å². The molecule has 2 N–H and O–H groups in total. The molecule has 2 aromatic carbocycles. The maximum absolute atomic E-state index is 5.77. The highest BCUT2D eigenvalue weighted by molar-refractivity contribution is 5.27. The van der Waals surface area contributed by atoms with Crippen LogP contribution in [0.2, 0.25) is 0 Å². The standard InChI is InChI=1S/C18H24N2O/c1-2-19-12-13-20-14-16-8-10-18(11-9-16)21-15-17-6-4-3-5-7-17/h3-11,19-20H,2,12-15H2,1H3. The summed E-state index contributed by atoms with van der Waals surface area (Å²) in [5, 5.41) is 6.70. The van der Waals surface area contributed by atoms with Gasteiger partial charge in [-0.05, 0) is 29.8 Å². The third kappa shape index (κ3) is 5.98. The summed E-state index contributed by atoms with van der Waals surface area (Å²) in [5.41, 5.74) is 2.46. The van der Waals surface area contributed by atoms with Crippen molar-refractivity contribution in [2.75, 3.05) is 19.6 Å². The van der Waals surface area contributed by atoms with Crippen molar-refractivity contribution in [3.8, 4) is 5.75 Å². The molecule has 0 aliphatic rings. The lowest BCUT2D eigenvalue weighted by Crippen LogP contribution is -2.26. The molecule has 0 unspecified atom stereocenters. The Morgan fingerprint density at radius 3 is 2.24 bits per heavy atom. The highest BCUT2D eigenvalue weighted by atomic mass is 16.5. The van der Waals surface area contributed by atoms with Gasteiger partial charge in [0.05, 0.1) is 0 Å². The van der Waals surface area contributed by atoms with E-state index in [9.17, 15) is 0 Å². The number of ether oxygens (including phenoxy) is 1. The molecule has 0 spiro atoms. The summed E-state index contributed by atoms with van der Waals surface area (Å²) in [7, 11) is 0. The Balaban J connectivity index is 1.71. The van der Waals surface area contributed by atoms with Gasteiger partial charge in [0, 0.05) is 19.6 Å². The maximum atomic E-state index is 5.77. The molecule has 0 saturated heterocycles.